The molecular formula is C16H14N2O2. The topological polar surface area (TPSA) is 42.7 Å². The molecule has 2 aromatic carbocycles. The number of amides is 1. The summed E-state index contributed by atoms with van der Waals surface area (Å²) in [6.45, 7) is 6.89. The van der Waals surface area contributed by atoms with Crippen molar-refractivity contribution in [2.24, 2.45) is 0 Å². The molecule has 0 spiro atoms. The van der Waals surface area contributed by atoms with Crippen LogP contribution in [0.5, 0.6) is 11.5 Å². The molecule has 0 aromatic heterocycles. The van der Waals surface area contributed by atoms with Gasteiger partial charge in [0, 0.05) is 6.54 Å². The van der Waals surface area contributed by atoms with Gasteiger partial charge < -0.3 is 14.9 Å². The third kappa shape index (κ3) is 4.14. The molecule has 2 rings (SSSR count). The number of hydrogen-bond donors (Lipinski definition) is 1. The Kier molecular flexibility index (Phi) is 4.74. The number of carbonyl (C=O) groups excluding carboxylic acids is 1. The lowest BCUT2D eigenvalue weighted by Crippen LogP contribution is -2.24. The first kappa shape index (κ1) is 13.6. The molecule has 4 nitrogen and oxygen atoms in total. The molecule has 0 aliphatic carbocycles. The van der Waals surface area contributed by atoms with Gasteiger partial charge in [-0.25, -0.2) is 6.57 Å². The van der Waals surface area contributed by atoms with Gasteiger partial charge >= 0.3 is 0 Å². The highest BCUT2D eigenvalue weighted by molar-refractivity contribution is 5.79. The second kappa shape index (κ2) is 6.95. The van der Waals surface area contributed by atoms with Crippen molar-refractivity contribution in [1.29, 1.82) is 0 Å². The molecular weight excluding hydrogens is 252 g/mol. The molecule has 0 atom stereocenters. The van der Waals surface area contributed by atoms with Crippen LogP contribution in [0.1, 0.15) is 5.56 Å². The molecule has 0 bridgehead atoms. The minimum atomic E-state index is -0.260. The van der Waals surface area contributed by atoms with Crippen molar-refractivity contribution in [2.45, 2.75) is 6.54 Å². The van der Waals surface area contributed by atoms with Crippen LogP contribution in [0.15, 0.2) is 54.6 Å². The Morgan fingerprint density at radius 1 is 1.05 bits per heavy atom. The zero-order valence-electron chi connectivity index (χ0n) is 10.9. The first-order valence-electron chi connectivity index (χ1n) is 6.19. The number of nitrogens with zero attached hydrogens (tertiary/aromatic N) is 1. The largest absolute Gasteiger partial charge is 0.457 e. The van der Waals surface area contributed by atoms with Crippen molar-refractivity contribution in [1.82, 2.24) is 5.32 Å². The van der Waals surface area contributed by atoms with Gasteiger partial charge in [-0.3, -0.25) is 4.79 Å². The Morgan fingerprint density at radius 3 is 2.35 bits per heavy atom. The Balaban J connectivity index is 1.90. The fraction of sp³-hybridized carbons (Fsp3) is 0.125. The highest BCUT2D eigenvalue weighted by Crippen LogP contribution is 2.20. The third-order valence-electron chi connectivity index (χ3n) is 2.61. The summed E-state index contributed by atoms with van der Waals surface area (Å²) in [5.74, 6) is 1.27. The van der Waals surface area contributed by atoms with Crippen molar-refractivity contribution in [2.75, 3.05) is 6.54 Å². The number of para-hydroxylation sites is 1. The molecule has 0 saturated carbocycles. The highest BCUT2D eigenvalue weighted by Gasteiger charge is 2.03. The van der Waals surface area contributed by atoms with E-state index in [9.17, 15) is 4.79 Å². The molecule has 4 heteroatoms. The van der Waals surface area contributed by atoms with Crippen LogP contribution in [-0.2, 0) is 11.3 Å². The zero-order valence-corrected chi connectivity index (χ0v) is 10.9. The van der Waals surface area contributed by atoms with E-state index in [2.05, 4.69) is 10.2 Å². The van der Waals surface area contributed by atoms with Crippen LogP contribution in [0, 0.1) is 6.57 Å². The first-order valence-corrected chi connectivity index (χ1v) is 6.19. The molecule has 0 heterocycles. The Hall–Kier alpha value is -2.80. The Morgan fingerprint density at radius 2 is 1.70 bits per heavy atom. The number of ether oxygens (including phenoxy) is 1. The summed E-state index contributed by atoms with van der Waals surface area (Å²) in [4.78, 5) is 14.2. The molecule has 0 saturated heterocycles. The molecule has 100 valence electrons. The van der Waals surface area contributed by atoms with Crippen LogP contribution >= 0.6 is 0 Å². The van der Waals surface area contributed by atoms with Gasteiger partial charge in [-0.15, -0.1) is 0 Å². The van der Waals surface area contributed by atoms with E-state index in [4.69, 9.17) is 11.3 Å². The maximum absolute atomic E-state index is 11.2. The van der Waals surface area contributed by atoms with E-state index < -0.39 is 0 Å². The molecule has 0 fully saturated rings. The minimum absolute atomic E-state index is 0.130. The van der Waals surface area contributed by atoms with Crippen LogP contribution in [0.25, 0.3) is 4.85 Å². The lowest BCUT2D eigenvalue weighted by atomic mass is 10.2. The van der Waals surface area contributed by atoms with Gasteiger partial charge in [0.15, 0.2) is 0 Å². The van der Waals surface area contributed by atoms with Gasteiger partial charge in [-0.05, 0) is 29.8 Å². The quantitative estimate of drug-likeness (QED) is 0.845. The van der Waals surface area contributed by atoms with Gasteiger partial charge in [0.05, 0.1) is 0 Å². The third-order valence-corrected chi connectivity index (χ3v) is 2.61. The van der Waals surface area contributed by atoms with E-state index in [0.29, 0.717) is 6.54 Å². The summed E-state index contributed by atoms with van der Waals surface area (Å²) in [5.41, 5.74) is 0.962. The molecule has 1 N–H and O–H groups in total. The van der Waals surface area contributed by atoms with Crippen LogP contribution < -0.4 is 10.1 Å². The lowest BCUT2D eigenvalue weighted by Gasteiger charge is -2.07. The lowest BCUT2D eigenvalue weighted by molar-refractivity contribution is -0.119. The van der Waals surface area contributed by atoms with Crippen molar-refractivity contribution in [3.8, 4) is 11.5 Å². The molecule has 20 heavy (non-hydrogen) atoms. The predicted octanol–water partition coefficient (Wildman–Crippen LogP) is 3.01. The van der Waals surface area contributed by atoms with E-state index in [-0.39, 0.29) is 12.5 Å². The van der Waals surface area contributed by atoms with Crippen molar-refractivity contribution < 1.29 is 9.53 Å². The standard InChI is InChI=1S/C16H14N2O2/c1-17-12-16(19)18-11-13-7-9-15(10-8-13)20-14-5-3-2-4-6-14/h2-10H,11-12H2,(H,18,19). The second-order valence-corrected chi connectivity index (χ2v) is 4.15. The van der Waals surface area contributed by atoms with Crippen LogP contribution in [0.4, 0.5) is 0 Å². The Bertz CT molecular complexity index is 601. The molecule has 0 aliphatic heterocycles. The number of hydrogen-bond acceptors (Lipinski definition) is 2. The minimum Gasteiger partial charge on any atom is -0.457 e. The summed E-state index contributed by atoms with van der Waals surface area (Å²) in [7, 11) is 0. The molecule has 2 aromatic rings. The molecule has 0 unspecified atom stereocenters. The van der Waals surface area contributed by atoms with Gasteiger partial charge in [-0.2, -0.15) is 0 Å². The van der Waals surface area contributed by atoms with Crippen LogP contribution in [0.3, 0.4) is 0 Å². The summed E-state index contributed by atoms with van der Waals surface area (Å²) < 4.78 is 5.67. The molecule has 1 amide bonds. The molecule has 0 radical (unpaired) electrons. The average molecular weight is 266 g/mol. The fourth-order valence-electron chi connectivity index (χ4n) is 1.63. The van der Waals surface area contributed by atoms with Crippen molar-refractivity contribution >= 4 is 5.91 Å². The number of nitrogens with one attached hydrogen (secondary N) is 1. The highest BCUT2D eigenvalue weighted by atomic mass is 16.5. The van der Waals surface area contributed by atoms with E-state index in [1.165, 1.54) is 0 Å². The summed E-state index contributed by atoms with van der Waals surface area (Å²) in [5, 5.41) is 2.68. The van der Waals surface area contributed by atoms with E-state index in [1.54, 1.807) is 0 Å². The van der Waals surface area contributed by atoms with Crippen LogP contribution in [-0.4, -0.2) is 12.5 Å². The smallest absolute Gasteiger partial charge is 0.300 e. The summed E-state index contributed by atoms with van der Waals surface area (Å²) in [6, 6.07) is 17.0. The van der Waals surface area contributed by atoms with Gasteiger partial charge in [0.25, 0.3) is 12.5 Å². The summed E-state index contributed by atoms with van der Waals surface area (Å²) >= 11 is 0. The van der Waals surface area contributed by atoms with Gasteiger partial charge in [-0.1, -0.05) is 30.3 Å². The SMILES string of the molecule is [C-]#[N+]CC(=O)NCc1ccc(Oc2ccccc2)cc1. The zero-order chi connectivity index (χ0) is 14.2. The number of benzene rings is 2. The van der Waals surface area contributed by atoms with E-state index in [0.717, 1.165) is 17.1 Å². The number of rotatable bonds is 5. The maximum Gasteiger partial charge on any atom is 0.300 e. The second-order valence-electron chi connectivity index (χ2n) is 4.15. The molecule has 0 aliphatic rings. The number of carbonyl (C=O) groups is 1. The van der Waals surface area contributed by atoms with Crippen molar-refractivity contribution in [3.63, 3.8) is 0 Å². The first-order chi connectivity index (χ1) is 9.78. The fourth-order valence-corrected chi connectivity index (χ4v) is 1.63. The van der Waals surface area contributed by atoms with E-state index >= 15 is 0 Å². The van der Waals surface area contributed by atoms with Crippen LogP contribution in [0.2, 0.25) is 0 Å². The van der Waals surface area contributed by atoms with Crippen molar-refractivity contribution in [3.05, 3.63) is 71.6 Å². The summed E-state index contributed by atoms with van der Waals surface area (Å²) in [6.07, 6.45) is 0. The monoisotopic (exact) mass is 266 g/mol. The van der Waals surface area contributed by atoms with E-state index in [1.807, 2.05) is 54.6 Å². The van der Waals surface area contributed by atoms with Gasteiger partial charge in [0.2, 0.25) is 0 Å². The van der Waals surface area contributed by atoms with Gasteiger partial charge in [0.1, 0.15) is 11.5 Å². The average Bonchev–Trinajstić information content (AvgIpc) is 2.48. The maximum atomic E-state index is 11.2. The Labute approximate surface area is 117 Å². The normalized spacial score (nSPS) is 9.55. The predicted molar refractivity (Wildman–Crippen MR) is 76.3 cm³/mol.